The van der Waals surface area contributed by atoms with Crippen molar-refractivity contribution in [3.63, 3.8) is 0 Å². The van der Waals surface area contributed by atoms with E-state index in [4.69, 9.17) is 16.0 Å². The third kappa shape index (κ3) is 3.45. The molecule has 9 nitrogen and oxygen atoms in total. The molecule has 1 aromatic carbocycles. The van der Waals surface area contributed by atoms with Crippen LogP contribution in [0.5, 0.6) is 0 Å². The van der Waals surface area contributed by atoms with Crippen LogP contribution in [0.25, 0.3) is 0 Å². The molecule has 2 aliphatic rings. The molecular formula is C20H24ClN5O4S. The lowest BCUT2D eigenvalue weighted by molar-refractivity contribution is 0.318. The average molecular weight is 466 g/mol. The predicted molar refractivity (Wildman–Crippen MR) is 115 cm³/mol. The number of H-pyrrole nitrogens is 1. The van der Waals surface area contributed by atoms with Crippen LogP contribution in [0.1, 0.15) is 61.2 Å². The van der Waals surface area contributed by atoms with Crippen LogP contribution < -0.4 is 10.1 Å². The van der Waals surface area contributed by atoms with Gasteiger partial charge in [0.05, 0.1) is 11.8 Å². The molecule has 2 unspecified atom stereocenters. The third-order valence-corrected chi connectivity index (χ3v) is 8.80. The summed E-state index contributed by atoms with van der Waals surface area (Å²) < 4.78 is 35.5. The highest BCUT2D eigenvalue weighted by Crippen LogP contribution is 2.52. The fourth-order valence-electron chi connectivity index (χ4n) is 4.68. The molecule has 11 heteroatoms. The zero-order valence-electron chi connectivity index (χ0n) is 17.6. The number of rotatable bonds is 4. The van der Waals surface area contributed by atoms with Gasteiger partial charge in [-0.25, -0.2) is 14.2 Å². The van der Waals surface area contributed by atoms with Crippen LogP contribution in [-0.2, 0) is 16.6 Å². The largest absolute Gasteiger partial charge is 0.434 e. The summed E-state index contributed by atoms with van der Waals surface area (Å²) >= 11 is 6.26. The molecule has 1 saturated heterocycles. The lowest BCUT2D eigenvalue weighted by atomic mass is 9.90. The molecule has 166 valence electrons. The molecular weight excluding hydrogens is 442 g/mol. The number of fused-ring (bicyclic) bond motifs is 1. The minimum Gasteiger partial charge on any atom is -0.390 e. The molecule has 2 aromatic rings. The summed E-state index contributed by atoms with van der Waals surface area (Å²) in [5, 5.41) is 15.5. The minimum atomic E-state index is -4.01. The molecule has 0 aliphatic carbocycles. The Morgan fingerprint density at radius 3 is 2.61 bits per heavy atom. The van der Waals surface area contributed by atoms with E-state index in [0.29, 0.717) is 5.69 Å². The number of anilines is 1. The van der Waals surface area contributed by atoms with Gasteiger partial charge in [0.25, 0.3) is 0 Å². The van der Waals surface area contributed by atoms with E-state index in [1.54, 1.807) is 0 Å². The summed E-state index contributed by atoms with van der Waals surface area (Å²) in [5.74, 6) is -0.991. The predicted octanol–water partition coefficient (Wildman–Crippen LogP) is 2.74. The zero-order chi connectivity index (χ0) is 22.6. The molecule has 0 spiro atoms. The number of hydrogen-bond acceptors (Lipinski definition) is 6. The van der Waals surface area contributed by atoms with Crippen molar-refractivity contribution < 1.29 is 12.8 Å². The molecule has 31 heavy (non-hydrogen) atoms. The topological polar surface area (TPSA) is 123 Å². The first-order valence-electron chi connectivity index (χ1n) is 10.2. The number of nitriles is 1. The quantitative estimate of drug-likeness (QED) is 0.692. The monoisotopic (exact) mass is 465 g/mol. The number of hydrogen-bond donors (Lipinski definition) is 1. The van der Waals surface area contributed by atoms with Crippen molar-refractivity contribution in [1.29, 1.82) is 5.26 Å². The van der Waals surface area contributed by atoms with Gasteiger partial charge in [0.1, 0.15) is 10.9 Å². The molecule has 0 bridgehead atoms. The van der Waals surface area contributed by atoms with E-state index < -0.39 is 26.9 Å². The van der Waals surface area contributed by atoms with Crippen molar-refractivity contribution in [1.82, 2.24) is 14.5 Å². The van der Waals surface area contributed by atoms with Crippen LogP contribution >= 0.6 is 11.6 Å². The standard InChI is InChI=1S/C20H24ClN5O4S/c1-4-14-5-6-15-16(12(14)2)13(3)17(18-23-24-19(27)30-18)26(15)31(28,29)25-9-7-20(21,11-22)8-10-25/h5-6,13,17H,4,7-10H2,1-3H3,(H,24,27). The minimum absolute atomic E-state index is 0.0236. The number of benzene rings is 1. The summed E-state index contributed by atoms with van der Waals surface area (Å²) in [6.45, 7) is 6.20. The van der Waals surface area contributed by atoms with E-state index in [9.17, 15) is 18.5 Å². The van der Waals surface area contributed by atoms with Gasteiger partial charge >= 0.3 is 16.0 Å². The fraction of sp³-hybridized carbons (Fsp3) is 0.550. The molecule has 0 saturated carbocycles. The number of aromatic amines is 1. The Labute approximate surface area is 185 Å². The maximum Gasteiger partial charge on any atom is 0.434 e. The van der Waals surface area contributed by atoms with Gasteiger partial charge < -0.3 is 4.42 Å². The van der Waals surface area contributed by atoms with Gasteiger partial charge in [0, 0.05) is 19.0 Å². The first-order valence-corrected chi connectivity index (χ1v) is 12.0. The van der Waals surface area contributed by atoms with Crippen LogP contribution in [0.3, 0.4) is 0 Å². The number of aryl methyl sites for hydroxylation is 1. The molecule has 4 rings (SSSR count). The lowest BCUT2D eigenvalue weighted by Gasteiger charge is -2.37. The molecule has 0 amide bonds. The first-order chi connectivity index (χ1) is 14.6. The van der Waals surface area contributed by atoms with E-state index in [2.05, 4.69) is 23.2 Å². The Morgan fingerprint density at radius 2 is 2.06 bits per heavy atom. The highest BCUT2D eigenvalue weighted by atomic mass is 35.5. The van der Waals surface area contributed by atoms with Gasteiger partial charge in [-0.05, 0) is 48.9 Å². The number of nitrogens with one attached hydrogen (secondary N) is 1. The Balaban J connectivity index is 1.83. The number of nitrogens with zero attached hydrogens (tertiary/aromatic N) is 4. The van der Waals surface area contributed by atoms with Crippen molar-refractivity contribution in [2.24, 2.45) is 0 Å². The number of aromatic nitrogens is 2. The van der Waals surface area contributed by atoms with Crippen molar-refractivity contribution in [2.45, 2.75) is 56.9 Å². The van der Waals surface area contributed by atoms with E-state index in [0.717, 1.165) is 23.1 Å². The molecule has 2 atom stereocenters. The van der Waals surface area contributed by atoms with Crippen LogP contribution in [-0.4, -0.2) is 40.9 Å². The van der Waals surface area contributed by atoms with E-state index in [1.807, 2.05) is 26.0 Å². The molecule has 3 heterocycles. The second kappa shape index (κ2) is 7.65. The van der Waals surface area contributed by atoms with Crippen molar-refractivity contribution in [3.05, 3.63) is 45.3 Å². The SMILES string of the molecule is CCc1ccc2c(c1C)C(C)C(c1n[nH]c(=O)o1)N2S(=O)(=O)N1CCC(Cl)(C#N)CC1. The second-order valence-corrected chi connectivity index (χ2v) is 10.6. The van der Waals surface area contributed by atoms with Gasteiger partial charge in [-0.1, -0.05) is 19.9 Å². The van der Waals surface area contributed by atoms with Crippen LogP contribution in [0.4, 0.5) is 5.69 Å². The van der Waals surface area contributed by atoms with E-state index in [-0.39, 0.29) is 37.7 Å². The summed E-state index contributed by atoms with van der Waals surface area (Å²) in [7, 11) is -4.01. The number of halogens is 1. The highest BCUT2D eigenvalue weighted by Gasteiger charge is 2.50. The molecule has 1 N–H and O–H groups in total. The van der Waals surface area contributed by atoms with Gasteiger partial charge in [-0.2, -0.15) is 18.0 Å². The van der Waals surface area contributed by atoms with E-state index in [1.165, 1.54) is 8.61 Å². The molecule has 1 fully saturated rings. The summed E-state index contributed by atoms with van der Waals surface area (Å²) in [5.41, 5.74) is 3.61. The normalized spacial score (nSPS) is 23.5. The average Bonchev–Trinajstić information content (AvgIpc) is 3.30. The maximum absolute atomic E-state index is 13.8. The molecule has 1 aromatic heterocycles. The fourth-order valence-corrected chi connectivity index (χ4v) is 6.71. The molecule has 2 aliphatic heterocycles. The Hall–Kier alpha value is -2.35. The van der Waals surface area contributed by atoms with Gasteiger partial charge in [-0.3, -0.25) is 0 Å². The lowest BCUT2D eigenvalue weighted by Crippen LogP contribution is -2.50. The zero-order valence-corrected chi connectivity index (χ0v) is 19.1. The van der Waals surface area contributed by atoms with Gasteiger partial charge in [-0.15, -0.1) is 16.7 Å². The van der Waals surface area contributed by atoms with Crippen LogP contribution in [0, 0.1) is 18.3 Å². The summed E-state index contributed by atoms with van der Waals surface area (Å²) in [4.78, 5) is 10.6. The molecule has 0 radical (unpaired) electrons. The summed E-state index contributed by atoms with van der Waals surface area (Å²) in [6.07, 6.45) is 1.28. The van der Waals surface area contributed by atoms with Crippen molar-refractivity contribution in [2.75, 3.05) is 17.4 Å². The Morgan fingerprint density at radius 1 is 1.39 bits per heavy atom. The highest BCUT2D eigenvalue weighted by molar-refractivity contribution is 7.90. The van der Waals surface area contributed by atoms with Crippen LogP contribution in [0.15, 0.2) is 21.3 Å². The number of alkyl halides is 1. The van der Waals surface area contributed by atoms with Gasteiger partial charge in [0.15, 0.2) is 0 Å². The Kier molecular flexibility index (Phi) is 5.40. The number of piperidine rings is 1. The van der Waals surface area contributed by atoms with Crippen LogP contribution in [0.2, 0.25) is 0 Å². The Bertz CT molecular complexity index is 1210. The first kappa shape index (κ1) is 21.9. The summed E-state index contributed by atoms with van der Waals surface area (Å²) in [6, 6.07) is 5.01. The van der Waals surface area contributed by atoms with Gasteiger partial charge in [0.2, 0.25) is 5.89 Å². The smallest absolute Gasteiger partial charge is 0.390 e. The second-order valence-electron chi connectivity index (χ2n) is 8.10. The van der Waals surface area contributed by atoms with E-state index >= 15 is 0 Å². The third-order valence-electron chi connectivity index (χ3n) is 6.40. The van der Waals surface area contributed by atoms with Crippen molar-refractivity contribution >= 4 is 27.5 Å². The van der Waals surface area contributed by atoms with Crippen molar-refractivity contribution in [3.8, 4) is 6.07 Å². The maximum atomic E-state index is 13.8.